The van der Waals surface area contributed by atoms with Crippen LogP contribution in [0.1, 0.15) is 38.2 Å². The molecule has 0 aliphatic heterocycles. The molecule has 1 fully saturated rings. The van der Waals surface area contributed by atoms with Crippen LogP contribution in [-0.4, -0.2) is 26.5 Å². The lowest BCUT2D eigenvalue weighted by Crippen LogP contribution is -2.28. The van der Waals surface area contributed by atoms with Gasteiger partial charge in [0, 0.05) is 17.5 Å². The zero-order valence-electron chi connectivity index (χ0n) is 13.6. The van der Waals surface area contributed by atoms with Crippen LogP contribution in [0, 0.1) is 5.92 Å². The molecule has 0 spiro atoms. The third-order valence-corrected chi connectivity index (χ3v) is 5.00. The number of hydrogen-bond donors (Lipinski definition) is 1. The smallest absolute Gasteiger partial charge is 0.161 e. The van der Waals surface area contributed by atoms with Crippen LogP contribution in [0.5, 0.6) is 11.5 Å². The molecule has 21 heavy (non-hydrogen) atoms. The van der Waals surface area contributed by atoms with Crippen LogP contribution < -0.4 is 14.8 Å². The van der Waals surface area contributed by atoms with Gasteiger partial charge in [0.15, 0.2) is 11.5 Å². The van der Waals surface area contributed by atoms with Gasteiger partial charge in [-0.25, -0.2) is 0 Å². The fourth-order valence-corrected chi connectivity index (χ4v) is 3.25. The number of methoxy groups -OCH3 is 2. The number of nitrogens with one attached hydrogen (secondary N) is 1. The minimum absolute atomic E-state index is 0.625. The average molecular weight is 309 g/mol. The number of rotatable bonds is 9. The predicted octanol–water partition coefficient (Wildman–Crippen LogP) is 4.09. The molecule has 3 nitrogen and oxygen atoms in total. The minimum atomic E-state index is 0.625. The van der Waals surface area contributed by atoms with Gasteiger partial charge < -0.3 is 14.8 Å². The van der Waals surface area contributed by atoms with E-state index in [1.807, 2.05) is 0 Å². The maximum absolute atomic E-state index is 5.42. The van der Waals surface area contributed by atoms with Gasteiger partial charge >= 0.3 is 0 Å². The molecule has 118 valence electrons. The van der Waals surface area contributed by atoms with Crippen LogP contribution in [0.3, 0.4) is 0 Å². The summed E-state index contributed by atoms with van der Waals surface area (Å²) in [5.74, 6) is 2.57. The molecule has 1 atom stereocenters. The molecule has 1 aromatic rings. The maximum atomic E-state index is 5.42. The molecule has 4 heteroatoms. The molecule has 1 aromatic carbocycles. The van der Waals surface area contributed by atoms with Crippen molar-refractivity contribution in [2.45, 2.75) is 50.1 Å². The van der Waals surface area contributed by atoms with Crippen molar-refractivity contribution in [3.63, 3.8) is 0 Å². The maximum Gasteiger partial charge on any atom is 0.161 e. The lowest BCUT2D eigenvalue weighted by Gasteiger charge is -2.19. The van der Waals surface area contributed by atoms with Gasteiger partial charge in [-0.1, -0.05) is 19.8 Å². The van der Waals surface area contributed by atoms with Crippen LogP contribution in [-0.2, 0) is 6.54 Å². The second-order valence-electron chi connectivity index (χ2n) is 5.68. The summed E-state index contributed by atoms with van der Waals surface area (Å²) in [6.45, 7) is 3.16. The fraction of sp³-hybridized carbons (Fsp3) is 0.647. The molecule has 0 radical (unpaired) electrons. The number of benzene rings is 1. The van der Waals surface area contributed by atoms with Gasteiger partial charge in [0.2, 0.25) is 0 Å². The van der Waals surface area contributed by atoms with Crippen molar-refractivity contribution in [1.82, 2.24) is 5.32 Å². The zero-order chi connectivity index (χ0) is 15.2. The molecule has 0 bridgehead atoms. The monoisotopic (exact) mass is 309 g/mol. The van der Waals surface area contributed by atoms with Crippen LogP contribution in [0.25, 0.3) is 0 Å². The van der Waals surface area contributed by atoms with Crippen molar-refractivity contribution in [3.8, 4) is 11.5 Å². The Labute approximate surface area is 132 Å². The van der Waals surface area contributed by atoms with E-state index in [0.717, 1.165) is 24.0 Å². The second-order valence-corrected chi connectivity index (χ2v) is 6.53. The second kappa shape index (κ2) is 7.95. The van der Waals surface area contributed by atoms with Gasteiger partial charge in [-0.15, -0.1) is 11.8 Å². The van der Waals surface area contributed by atoms with E-state index in [1.54, 1.807) is 26.0 Å². The van der Waals surface area contributed by atoms with Crippen LogP contribution in [0.15, 0.2) is 17.0 Å². The molecule has 1 unspecified atom stereocenters. The first-order chi connectivity index (χ1) is 10.2. The molecule has 0 saturated heterocycles. The Morgan fingerprint density at radius 1 is 1.24 bits per heavy atom. The molecular weight excluding hydrogens is 282 g/mol. The normalized spacial score (nSPS) is 15.8. The summed E-state index contributed by atoms with van der Waals surface area (Å²) in [4.78, 5) is 1.25. The summed E-state index contributed by atoms with van der Waals surface area (Å²) >= 11 is 1.75. The van der Waals surface area contributed by atoms with Gasteiger partial charge in [-0.3, -0.25) is 0 Å². The van der Waals surface area contributed by atoms with Crippen molar-refractivity contribution in [2.24, 2.45) is 5.92 Å². The third kappa shape index (κ3) is 4.55. The standard InChI is InChI=1S/C17H27NO2S/c1-5-14(8-12-6-7-12)18-11-13-9-15(19-2)16(20-3)10-17(13)21-4/h9-10,12,14,18H,5-8,11H2,1-4H3. The first kappa shape index (κ1) is 16.5. The predicted molar refractivity (Wildman–Crippen MR) is 89.6 cm³/mol. The summed E-state index contributed by atoms with van der Waals surface area (Å²) in [5.41, 5.74) is 1.29. The van der Waals surface area contributed by atoms with Gasteiger partial charge in [-0.2, -0.15) is 0 Å². The van der Waals surface area contributed by atoms with Crippen molar-refractivity contribution >= 4 is 11.8 Å². The lowest BCUT2D eigenvalue weighted by atomic mass is 10.1. The Morgan fingerprint density at radius 2 is 1.90 bits per heavy atom. The zero-order valence-corrected chi connectivity index (χ0v) is 14.4. The van der Waals surface area contributed by atoms with E-state index in [-0.39, 0.29) is 0 Å². The van der Waals surface area contributed by atoms with Crippen molar-refractivity contribution in [3.05, 3.63) is 17.7 Å². The average Bonchev–Trinajstić information content (AvgIpc) is 3.34. The van der Waals surface area contributed by atoms with Crippen molar-refractivity contribution < 1.29 is 9.47 Å². The van der Waals surface area contributed by atoms with E-state index in [4.69, 9.17) is 9.47 Å². The van der Waals surface area contributed by atoms with Crippen molar-refractivity contribution in [1.29, 1.82) is 0 Å². The molecule has 1 aliphatic rings. The highest BCUT2D eigenvalue weighted by molar-refractivity contribution is 7.98. The molecule has 1 saturated carbocycles. The van der Waals surface area contributed by atoms with E-state index in [2.05, 4.69) is 30.6 Å². The molecule has 2 rings (SSSR count). The Hall–Kier alpha value is -0.870. The highest BCUT2D eigenvalue weighted by atomic mass is 32.2. The summed E-state index contributed by atoms with van der Waals surface area (Å²) < 4.78 is 10.8. The lowest BCUT2D eigenvalue weighted by molar-refractivity contribution is 0.353. The summed E-state index contributed by atoms with van der Waals surface area (Å²) in [7, 11) is 3.37. The van der Waals surface area contributed by atoms with Crippen molar-refractivity contribution in [2.75, 3.05) is 20.5 Å². The Balaban J connectivity index is 2.06. The summed E-state index contributed by atoms with van der Waals surface area (Å²) in [5, 5.41) is 3.71. The summed E-state index contributed by atoms with van der Waals surface area (Å²) in [6.07, 6.45) is 7.46. The summed E-state index contributed by atoms with van der Waals surface area (Å²) in [6, 6.07) is 4.80. The van der Waals surface area contributed by atoms with E-state index in [9.17, 15) is 0 Å². The Morgan fingerprint density at radius 3 is 2.43 bits per heavy atom. The van der Waals surface area contributed by atoms with Gasteiger partial charge in [0.25, 0.3) is 0 Å². The molecule has 0 amide bonds. The number of thioether (sulfide) groups is 1. The first-order valence-electron chi connectivity index (χ1n) is 7.74. The van der Waals surface area contributed by atoms with Gasteiger partial charge in [-0.05, 0) is 42.7 Å². The van der Waals surface area contributed by atoms with E-state index in [1.165, 1.54) is 36.1 Å². The van der Waals surface area contributed by atoms with Gasteiger partial charge in [0.1, 0.15) is 0 Å². The molecule has 0 heterocycles. The van der Waals surface area contributed by atoms with E-state index < -0.39 is 0 Å². The highest BCUT2D eigenvalue weighted by Gasteiger charge is 2.24. The van der Waals surface area contributed by atoms with E-state index >= 15 is 0 Å². The van der Waals surface area contributed by atoms with Crippen LogP contribution >= 0.6 is 11.8 Å². The largest absolute Gasteiger partial charge is 0.493 e. The number of hydrogen-bond acceptors (Lipinski definition) is 4. The first-order valence-corrected chi connectivity index (χ1v) is 8.96. The van der Waals surface area contributed by atoms with E-state index in [0.29, 0.717) is 6.04 Å². The minimum Gasteiger partial charge on any atom is -0.493 e. The fourth-order valence-electron chi connectivity index (χ4n) is 2.64. The molecule has 1 N–H and O–H groups in total. The molecular formula is C17H27NO2S. The van der Waals surface area contributed by atoms with Crippen LogP contribution in [0.4, 0.5) is 0 Å². The Bertz CT molecular complexity index is 460. The SMILES string of the molecule is CCC(CC1CC1)NCc1cc(OC)c(OC)cc1SC. The van der Waals surface area contributed by atoms with Crippen LogP contribution in [0.2, 0.25) is 0 Å². The quantitative estimate of drug-likeness (QED) is 0.696. The topological polar surface area (TPSA) is 30.5 Å². The highest BCUT2D eigenvalue weighted by Crippen LogP contribution is 2.36. The molecule has 1 aliphatic carbocycles. The third-order valence-electron chi connectivity index (χ3n) is 4.18. The molecule has 0 aromatic heterocycles. The Kier molecular flexibility index (Phi) is 6.24. The van der Waals surface area contributed by atoms with Gasteiger partial charge in [0.05, 0.1) is 14.2 Å². The number of ether oxygens (including phenoxy) is 2.